The topological polar surface area (TPSA) is 81.5 Å². The maximum absolute atomic E-state index is 11.5. The first-order valence-corrected chi connectivity index (χ1v) is 6.14. The SMILES string of the molecule is CC(C)(C)C=CCOC(=O)Nc1cccc([N+](=O)[O-])c1. The number of nitro benzene ring substituents is 1. The number of hydrogen-bond acceptors (Lipinski definition) is 4. The molecule has 1 rings (SSSR count). The third kappa shape index (κ3) is 5.99. The van der Waals surface area contributed by atoms with E-state index in [0.717, 1.165) is 0 Å². The monoisotopic (exact) mass is 278 g/mol. The van der Waals surface area contributed by atoms with E-state index in [1.54, 1.807) is 12.1 Å². The molecule has 6 nitrogen and oxygen atoms in total. The fraction of sp³-hybridized carbons (Fsp3) is 0.357. The normalized spacial score (nSPS) is 11.3. The molecule has 0 heterocycles. The molecule has 0 aliphatic heterocycles. The van der Waals surface area contributed by atoms with Gasteiger partial charge in [0, 0.05) is 12.1 Å². The number of non-ortho nitro benzene ring substituents is 1. The van der Waals surface area contributed by atoms with Crippen LogP contribution >= 0.6 is 0 Å². The molecule has 0 bridgehead atoms. The molecule has 0 spiro atoms. The minimum atomic E-state index is -0.649. The van der Waals surface area contributed by atoms with Crippen molar-refractivity contribution < 1.29 is 14.5 Å². The molecule has 108 valence electrons. The Labute approximate surface area is 117 Å². The molecule has 0 saturated carbocycles. The smallest absolute Gasteiger partial charge is 0.411 e. The Morgan fingerprint density at radius 1 is 1.45 bits per heavy atom. The Morgan fingerprint density at radius 2 is 2.15 bits per heavy atom. The van der Waals surface area contributed by atoms with E-state index in [2.05, 4.69) is 5.32 Å². The van der Waals surface area contributed by atoms with Crippen LogP contribution in [0, 0.1) is 15.5 Å². The summed E-state index contributed by atoms with van der Waals surface area (Å²) >= 11 is 0. The summed E-state index contributed by atoms with van der Waals surface area (Å²) in [6, 6.07) is 5.67. The molecule has 6 heteroatoms. The van der Waals surface area contributed by atoms with Crippen molar-refractivity contribution in [2.75, 3.05) is 11.9 Å². The van der Waals surface area contributed by atoms with Crippen LogP contribution in [0.4, 0.5) is 16.2 Å². The van der Waals surface area contributed by atoms with E-state index >= 15 is 0 Å². The lowest BCUT2D eigenvalue weighted by Crippen LogP contribution is -2.14. The van der Waals surface area contributed by atoms with Gasteiger partial charge in [-0.15, -0.1) is 0 Å². The lowest BCUT2D eigenvalue weighted by molar-refractivity contribution is -0.384. The van der Waals surface area contributed by atoms with Crippen molar-refractivity contribution >= 4 is 17.5 Å². The van der Waals surface area contributed by atoms with Crippen molar-refractivity contribution in [3.05, 3.63) is 46.5 Å². The van der Waals surface area contributed by atoms with Gasteiger partial charge in [0.05, 0.1) is 10.6 Å². The minimum absolute atomic E-state index is 0.0277. The second-order valence-corrected chi connectivity index (χ2v) is 5.30. The predicted octanol–water partition coefficient (Wildman–Crippen LogP) is 3.75. The Bertz CT molecular complexity index is 518. The van der Waals surface area contributed by atoms with Gasteiger partial charge in [-0.05, 0) is 11.5 Å². The molecule has 0 aliphatic carbocycles. The highest BCUT2D eigenvalue weighted by Crippen LogP contribution is 2.17. The number of carbonyl (C=O) groups is 1. The van der Waals surface area contributed by atoms with Gasteiger partial charge < -0.3 is 4.74 Å². The highest BCUT2D eigenvalue weighted by Gasteiger charge is 2.08. The Morgan fingerprint density at radius 3 is 2.75 bits per heavy atom. The second kappa shape index (κ2) is 6.70. The summed E-state index contributed by atoms with van der Waals surface area (Å²) in [5.41, 5.74) is 0.263. The van der Waals surface area contributed by atoms with Crippen LogP contribution in [-0.4, -0.2) is 17.6 Å². The Kier molecular flexibility index (Phi) is 5.25. The van der Waals surface area contributed by atoms with E-state index in [-0.39, 0.29) is 17.7 Å². The maximum Gasteiger partial charge on any atom is 0.411 e. The number of benzene rings is 1. The summed E-state index contributed by atoms with van der Waals surface area (Å²) in [5.74, 6) is 0. The van der Waals surface area contributed by atoms with Crippen LogP contribution in [0.3, 0.4) is 0 Å². The van der Waals surface area contributed by atoms with Gasteiger partial charge in [-0.3, -0.25) is 15.4 Å². The maximum atomic E-state index is 11.5. The van der Waals surface area contributed by atoms with Gasteiger partial charge in [0.15, 0.2) is 0 Å². The molecule has 1 aromatic rings. The highest BCUT2D eigenvalue weighted by atomic mass is 16.6. The number of anilines is 1. The van der Waals surface area contributed by atoms with Crippen LogP contribution in [0.25, 0.3) is 0 Å². The van der Waals surface area contributed by atoms with E-state index in [0.29, 0.717) is 5.69 Å². The molecule has 0 aromatic heterocycles. The third-order valence-electron chi connectivity index (χ3n) is 2.23. The summed E-state index contributed by atoms with van der Waals surface area (Å²) in [4.78, 5) is 21.6. The largest absolute Gasteiger partial charge is 0.445 e. The molecule has 20 heavy (non-hydrogen) atoms. The van der Waals surface area contributed by atoms with Gasteiger partial charge in [0.2, 0.25) is 0 Å². The van der Waals surface area contributed by atoms with Gasteiger partial charge in [-0.25, -0.2) is 4.79 Å². The van der Waals surface area contributed by atoms with Gasteiger partial charge in [0.25, 0.3) is 5.69 Å². The van der Waals surface area contributed by atoms with Gasteiger partial charge in [0.1, 0.15) is 6.61 Å². The molecular weight excluding hydrogens is 260 g/mol. The lowest BCUT2D eigenvalue weighted by atomic mass is 9.96. The number of ether oxygens (including phenoxy) is 1. The zero-order valence-corrected chi connectivity index (χ0v) is 11.8. The molecule has 1 aromatic carbocycles. The zero-order chi connectivity index (χ0) is 15.2. The predicted molar refractivity (Wildman–Crippen MR) is 76.7 cm³/mol. The van der Waals surface area contributed by atoms with Crippen LogP contribution in [0.15, 0.2) is 36.4 Å². The molecule has 1 amide bonds. The average molecular weight is 278 g/mol. The lowest BCUT2D eigenvalue weighted by Gasteiger charge is -2.11. The first kappa shape index (κ1) is 15.7. The van der Waals surface area contributed by atoms with E-state index in [1.807, 2.05) is 26.8 Å². The first-order chi connectivity index (χ1) is 9.28. The highest BCUT2D eigenvalue weighted by molar-refractivity contribution is 5.85. The van der Waals surface area contributed by atoms with Crippen LogP contribution < -0.4 is 5.32 Å². The van der Waals surface area contributed by atoms with Crippen molar-refractivity contribution in [2.45, 2.75) is 20.8 Å². The number of hydrogen-bond donors (Lipinski definition) is 1. The average Bonchev–Trinajstić information content (AvgIpc) is 2.34. The summed E-state index contributed by atoms with van der Waals surface area (Å²) in [6.07, 6.45) is 3.05. The number of nitrogens with one attached hydrogen (secondary N) is 1. The van der Waals surface area contributed by atoms with Crippen LogP contribution in [0.5, 0.6) is 0 Å². The first-order valence-electron chi connectivity index (χ1n) is 6.14. The second-order valence-electron chi connectivity index (χ2n) is 5.30. The van der Waals surface area contributed by atoms with Crippen molar-refractivity contribution in [2.24, 2.45) is 5.41 Å². The van der Waals surface area contributed by atoms with Crippen molar-refractivity contribution in [3.8, 4) is 0 Å². The summed E-state index contributed by atoms with van der Waals surface area (Å²) in [7, 11) is 0. The summed E-state index contributed by atoms with van der Waals surface area (Å²) < 4.78 is 4.93. The van der Waals surface area contributed by atoms with Crippen LogP contribution in [0.1, 0.15) is 20.8 Å². The van der Waals surface area contributed by atoms with E-state index in [9.17, 15) is 14.9 Å². The Balaban J connectivity index is 2.49. The number of nitro groups is 1. The number of rotatable bonds is 4. The van der Waals surface area contributed by atoms with E-state index < -0.39 is 11.0 Å². The fourth-order valence-corrected chi connectivity index (χ4v) is 1.38. The molecular formula is C14H18N2O4. The van der Waals surface area contributed by atoms with Crippen LogP contribution in [-0.2, 0) is 4.74 Å². The molecule has 0 fully saturated rings. The molecule has 0 aliphatic rings. The van der Waals surface area contributed by atoms with Gasteiger partial charge in [-0.1, -0.05) is 39.0 Å². The fourth-order valence-electron chi connectivity index (χ4n) is 1.38. The zero-order valence-electron chi connectivity index (χ0n) is 11.8. The van der Waals surface area contributed by atoms with Crippen molar-refractivity contribution in [1.82, 2.24) is 0 Å². The summed E-state index contributed by atoms with van der Waals surface area (Å²) in [5, 5.41) is 13.0. The van der Waals surface area contributed by atoms with E-state index in [1.165, 1.54) is 18.2 Å². The number of allylic oxidation sites excluding steroid dienone is 1. The third-order valence-corrected chi connectivity index (χ3v) is 2.23. The summed E-state index contributed by atoms with van der Waals surface area (Å²) in [6.45, 7) is 6.25. The molecule has 0 saturated heterocycles. The quantitative estimate of drug-likeness (QED) is 0.516. The number of amides is 1. The van der Waals surface area contributed by atoms with Crippen molar-refractivity contribution in [3.63, 3.8) is 0 Å². The Hall–Kier alpha value is -2.37. The van der Waals surface area contributed by atoms with Crippen LogP contribution in [0.2, 0.25) is 0 Å². The molecule has 1 N–H and O–H groups in total. The van der Waals surface area contributed by atoms with Gasteiger partial charge in [-0.2, -0.15) is 0 Å². The standard InChI is InChI=1S/C14H18N2O4/c1-14(2,3)8-5-9-20-13(17)15-11-6-4-7-12(10-11)16(18)19/h4-8,10H,9H2,1-3H3,(H,15,17). The molecule has 0 radical (unpaired) electrons. The molecule has 0 atom stereocenters. The minimum Gasteiger partial charge on any atom is -0.445 e. The van der Waals surface area contributed by atoms with Crippen molar-refractivity contribution in [1.29, 1.82) is 0 Å². The van der Waals surface area contributed by atoms with E-state index in [4.69, 9.17) is 4.74 Å². The molecule has 0 unspecified atom stereocenters. The van der Waals surface area contributed by atoms with Gasteiger partial charge >= 0.3 is 6.09 Å². The number of carbonyl (C=O) groups excluding carboxylic acids is 1. The number of nitrogens with zero attached hydrogens (tertiary/aromatic N) is 1.